The molecule has 220 valence electrons. The number of rotatable bonds is 22. The van der Waals surface area contributed by atoms with Crippen LogP contribution in [0.2, 0.25) is 0 Å². The molecular weight excluding hydrogens is 498 g/mol. The molecule has 0 radical (unpaired) electrons. The number of hydroxylamine groups is 6. The van der Waals surface area contributed by atoms with E-state index in [0.29, 0.717) is 60.4 Å². The van der Waals surface area contributed by atoms with Crippen molar-refractivity contribution < 1.29 is 39.6 Å². The van der Waals surface area contributed by atoms with Crippen molar-refractivity contribution >= 4 is 29.5 Å². The van der Waals surface area contributed by atoms with Crippen LogP contribution in [0.25, 0.3) is 0 Å². The standard InChI is InChI=1S/C25H47N5O8/c1-3-4-9-19-29(37)24(34)14-12-22(32)27-17-8-6-11-20-30(38)25(35)15-13-23(33)26-16-7-5-10-18-28(36)21(2)31/h36-38H,3-20H2,1-2H3,(H,26,33)(H,27,32). The van der Waals surface area contributed by atoms with E-state index in [1.165, 1.54) is 6.92 Å². The van der Waals surface area contributed by atoms with Crippen molar-refractivity contribution in [3.8, 4) is 0 Å². The summed E-state index contributed by atoms with van der Waals surface area (Å²) in [6, 6.07) is 0. The molecule has 0 aromatic rings. The lowest BCUT2D eigenvalue weighted by Crippen LogP contribution is -2.31. The zero-order valence-corrected chi connectivity index (χ0v) is 23.0. The third kappa shape index (κ3) is 19.4. The number of carbonyl (C=O) groups excluding carboxylic acids is 5. The third-order valence-electron chi connectivity index (χ3n) is 5.78. The van der Waals surface area contributed by atoms with Crippen molar-refractivity contribution in [2.75, 3.05) is 32.7 Å². The molecule has 0 aliphatic carbocycles. The summed E-state index contributed by atoms with van der Waals surface area (Å²) < 4.78 is 0. The van der Waals surface area contributed by atoms with Gasteiger partial charge >= 0.3 is 0 Å². The normalized spacial score (nSPS) is 10.6. The fourth-order valence-corrected chi connectivity index (χ4v) is 3.38. The number of hydrogen-bond acceptors (Lipinski definition) is 8. The van der Waals surface area contributed by atoms with E-state index in [0.717, 1.165) is 25.7 Å². The van der Waals surface area contributed by atoms with Crippen LogP contribution < -0.4 is 10.6 Å². The zero-order chi connectivity index (χ0) is 28.8. The average molecular weight is 546 g/mol. The van der Waals surface area contributed by atoms with Crippen LogP contribution in [0.15, 0.2) is 0 Å². The van der Waals surface area contributed by atoms with Crippen LogP contribution in [-0.4, -0.2) is 93.1 Å². The van der Waals surface area contributed by atoms with Crippen molar-refractivity contribution in [1.29, 1.82) is 0 Å². The summed E-state index contributed by atoms with van der Waals surface area (Å²) in [5.41, 5.74) is 0. The molecule has 0 heterocycles. The van der Waals surface area contributed by atoms with Crippen molar-refractivity contribution in [2.45, 2.75) is 97.3 Å². The highest BCUT2D eigenvalue weighted by Crippen LogP contribution is 2.03. The Hall–Kier alpha value is -2.77. The summed E-state index contributed by atoms with van der Waals surface area (Å²) in [4.78, 5) is 58.3. The van der Waals surface area contributed by atoms with Gasteiger partial charge in [-0.25, -0.2) is 15.2 Å². The molecule has 0 aromatic carbocycles. The van der Waals surface area contributed by atoms with Crippen LogP contribution in [0.3, 0.4) is 0 Å². The number of nitrogens with one attached hydrogen (secondary N) is 2. The fraction of sp³-hybridized carbons (Fsp3) is 0.800. The van der Waals surface area contributed by atoms with Crippen LogP contribution in [0, 0.1) is 0 Å². The first-order valence-electron chi connectivity index (χ1n) is 13.6. The number of unbranched alkanes of at least 4 members (excludes halogenated alkanes) is 6. The summed E-state index contributed by atoms with van der Waals surface area (Å²) >= 11 is 0. The first-order valence-corrected chi connectivity index (χ1v) is 13.6. The van der Waals surface area contributed by atoms with Crippen molar-refractivity contribution in [2.24, 2.45) is 0 Å². The molecule has 0 saturated heterocycles. The van der Waals surface area contributed by atoms with Crippen LogP contribution in [0.1, 0.15) is 97.3 Å². The Balaban J connectivity index is 3.75. The van der Waals surface area contributed by atoms with Gasteiger partial charge in [0, 0.05) is 65.3 Å². The minimum atomic E-state index is -0.544. The number of hydrogen-bond donors (Lipinski definition) is 5. The summed E-state index contributed by atoms with van der Waals surface area (Å²) in [6.45, 7) is 4.75. The molecule has 0 atom stereocenters. The quantitative estimate of drug-likeness (QED) is 0.0778. The minimum Gasteiger partial charge on any atom is -0.356 e. The maximum absolute atomic E-state index is 12.0. The van der Waals surface area contributed by atoms with Crippen LogP contribution in [0.5, 0.6) is 0 Å². The van der Waals surface area contributed by atoms with Crippen molar-refractivity contribution in [3.63, 3.8) is 0 Å². The van der Waals surface area contributed by atoms with Crippen molar-refractivity contribution in [3.05, 3.63) is 0 Å². The van der Waals surface area contributed by atoms with E-state index in [-0.39, 0.29) is 57.1 Å². The number of nitrogens with zero attached hydrogens (tertiary/aromatic N) is 3. The maximum Gasteiger partial charge on any atom is 0.246 e. The van der Waals surface area contributed by atoms with E-state index < -0.39 is 17.7 Å². The fourth-order valence-electron chi connectivity index (χ4n) is 3.38. The number of amides is 5. The summed E-state index contributed by atoms with van der Waals surface area (Å²) in [5.74, 6) is -2.00. The van der Waals surface area contributed by atoms with Gasteiger partial charge in [-0.1, -0.05) is 19.8 Å². The lowest BCUT2D eigenvalue weighted by Gasteiger charge is -2.15. The van der Waals surface area contributed by atoms with Crippen LogP contribution >= 0.6 is 0 Å². The van der Waals surface area contributed by atoms with Gasteiger partial charge in [0.1, 0.15) is 0 Å². The van der Waals surface area contributed by atoms with Crippen LogP contribution in [0.4, 0.5) is 0 Å². The summed E-state index contributed by atoms with van der Waals surface area (Å²) in [5, 5.41) is 36.0. The molecule has 38 heavy (non-hydrogen) atoms. The van der Waals surface area contributed by atoms with Gasteiger partial charge in [0.15, 0.2) is 0 Å². The van der Waals surface area contributed by atoms with E-state index in [4.69, 9.17) is 0 Å². The Morgan fingerprint density at radius 1 is 0.553 bits per heavy atom. The Labute approximate surface area is 225 Å². The predicted molar refractivity (Wildman–Crippen MR) is 138 cm³/mol. The summed E-state index contributed by atoms with van der Waals surface area (Å²) in [7, 11) is 0. The molecule has 0 spiro atoms. The Kier molecular flexibility index (Phi) is 20.6. The zero-order valence-electron chi connectivity index (χ0n) is 23.0. The van der Waals surface area contributed by atoms with Crippen molar-refractivity contribution in [1.82, 2.24) is 25.8 Å². The maximum atomic E-state index is 12.0. The molecule has 5 amide bonds. The molecule has 0 rings (SSSR count). The van der Waals surface area contributed by atoms with Gasteiger partial charge in [-0.05, 0) is 44.9 Å². The highest BCUT2D eigenvalue weighted by Gasteiger charge is 2.14. The monoisotopic (exact) mass is 545 g/mol. The van der Waals surface area contributed by atoms with Gasteiger partial charge < -0.3 is 10.6 Å². The summed E-state index contributed by atoms with van der Waals surface area (Å²) in [6.07, 6.45) is 6.24. The highest BCUT2D eigenvalue weighted by atomic mass is 16.5. The second-order valence-electron chi connectivity index (χ2n) is 9.20. The Morgan fingerprint density at radius 3 is 1.34 bits per heavy atom. The van der Waals surface area contributed by atoms with Gasteiger partial charge in [0.2, 0.25) is 29.5 Å². The molecule has 5 N–H and O–H groups in total. The van der Waals surface area contributed by atoms with E-state index in [2.05, 4.69) is 10.6 Å². The molecule has 0 unspecified atom stereocenters. The average Bonchev–Trinajstić information content (AvgIpc) is 2.89. The molecule has 13 heteroatoms. The first-order chi connectivity index (χ1) is 18.1. The van der Waals surface area contributed by atoms with E-state index in [9.17, 15) is 39.6 Å². The minimum absolute atomic E-state index is 0.000252. The molecule has 13 nitrogen and oxygen atoms in total. The van der Waals surface area contributed by atoms with Gasteiger partial charge in [0.05, 0.1) is 0 Å². The Bertz CT molecular complexity index is 722. The molecule has 0 aliphatic rings. The second-order valence-corrected chi connectivity index (χ2v) is 9.20. The number of carbonyl (C=O) groups is 5. The first kappa shape index (κ1) is 35.2. The van der Waals surface area contributed by atoms with E-state index in [1.807, 2.05) is 6.92 Å². The van der Waals surface area contributed by atoms with Gasteiger partial charge in [0.25, 0.3) is 0 Å². The molecule has 0 saturated carbocycles. The second kappa shape index (κ2) is 22.2. The van der Waals surface area contributed by atoms with Gasteiger partial charge in [-0.15, -0.1) is 0 Å². The smallest absolute Gasteiger partial charge is 0.246 e. The van der Waals surface area contributed by atoms with E-state index in [1.54, 1.807) is 0 Å². The lowest BCUT2D eigenvalue weighted by atomic mass is 10.2. The van der Waals surface area contributed by atoms with E-state index >= 15 is 0 Å². The van der Waals surface area contributed by atoms with Gasteiger partial charge in [-0.2, -0.15) is 0 Å². The lowest BCUT2D eigenvalue weighted by molar-refractivity contribution is -0.166. The highest BCUT2D eigenvalue weighted by molar-refractivity contribution is 5.83. The molecule has 0 aromatic heterocycles. The molecule has 0 bridgehead atoms. The van der Waals surface area contributed by atoms with Gasteiger partial charge in [-0.3, -0.25) is 39.6 Å². The van der Waals surface area contributed by atoms with Crippen LogP contribution in [-0.2, 0) is 24.0 Å². The largest absolute Gasteiger partial charge is 0.356 e. The Morgan fingerprint density at radius 2 is 0.947 bits per heavy atom. The third-order valence-corrected chi connectivity index (χ3v) is 5.78. The molecule has 0 fully saturated rings. The molecule has 0 aliphatic heterocycles. The topological polar surface area (TPSA) is 180 Å². The predicted octanol–water partition coefficient (Wildman–Crippen LogP) is 1.98. The SMILES string of the molecule is CCCCCN(O)C(=O)CCC(=O)NCCCCCN(O)C(=O)CCC(=O)NCCCCCN(O)C(C)=O. The molecular formula is C25H47N5O8.